The molecular formula is C20H25N5O2. The lowest BCUT2D eigenvalue weighted by atomic mass is 10.1. The number of amides is 1. The number of hydrogen-bond acceptors (Lipinski definition) is 6. The van der Waals surface area contributed by atoms with Crippen LogP contribution >= 0.6 is 0 Å². The Kier molecular flexibility index (Phi) is 5.31. The van der Waals surface area contributed by atoms with E-state index in [9.17, 15) is 4.79 Å². The summed E-state index contributed by atoms with van der Waals surface area (Å²) < 4.78 is 5.29. The van der Waals surface area contributed by atoms with E-state index in [1.807, 2.05) is 43.3 Å². The van der Waals surface area contributed by atoms with Gasteiger partial charge in [0.1, 0.15) is 0 Å². The molecule has 1 aromatic carbocycles. The maximum atomic E-state index is 12.6. The second-order valence-corrected chi connectivity index (χ2v) is 7.17. The van der Waals surface area contributed by atoms with Crippen molar-refractivity contribution in [2.45, 2.75) is 19.9 Å². The zero-order valence-corrected chi connectivity index (χ0v) is 15.7. The number of benzene rings is 1. The molecule has 2 aliphatic rings. The maximum absolute atomic E-state index is 12.6. The number of carbonyl (C=O) groups excluding carboxylic acids is 1. The minimum Gasteiger partial charge on any atom is -0.360 e. The molecule has 142 valence electrons. The molecule has 0 N–H and O–H groups in total. The summed E-state index contributed by atoms with van der Waals surface area (Å²) in [4.78, 5) is 17.2. The Morgan fingerprint density at radius 3 is 2.52 bits per heavy atom. The number of carbonyl (C=O) groups is 1. The molecule has 0 unspecified atom stereocenters. The van der Waals surface area contributed by atoms with Crippen LogP contribution in [0.4, 0.5) is 0 Å². The summed E-state index contributed by atoms with van der Waals surface area (Å²) in [6.45, 7) is 7.41. The molecule has 0 saturated carbocycles. The van der Waals surface area contributed by atoms with Crippen LogP contribution in [0.25, 0.3) is 0 Å². The predicted octanol–water partition coefficient (Wildman–Crippen LogP) is 1.74. The van der Waals surface area contributed by atoms with Crippen LogP contribution < -0.4 is 0 Å². The van der Waals surface area contributed by atoms with Crippen LogP contribution in [0.2, 0.25) is 0 Å². The zero-order chi connectivity index (χ0) is 18.6. The second-order valence-electron chi connectivity index (χ2n) is 7.17. The molecule has 7 nitrogen and oxygen atoms in total. The Bertz CT molecular complexity index is 809. The number of aromatic nitrogens is 1. The molecule has 1 fully saturated rings. The largest absolute Gasteiger partial charge is 0.360 e. The van der Waals surface area contributed by atoms with Gasteiger partial charge < -0.3 is 4.52 Å². The molecule has 0 atom stereocenters. The van der Waals surface area contributed by atoms with Crippen molar-refractivity contribution in [2.75, 3.05) is 39.3 Å². The van der Waals surface area contributed by atoms with Gasteiger partial charge in [0, 0.05) is 38.7 Å². The fourth-order valence-corrected chi connectivity index (χ4v) is 3.56. The van der Waals surface area contributed by atoms with E-state index in [1.54, 1.807) is 5.01 Å². The number of rotatable bonds is 5. The number of piperazine rings is 1. The lowest BCUT2D eigenvalue weighted by Gasteiger charge is -2.34. The summed E-state index contributed by atoms with van der Waals surface area (Å²) in [7, 11) is 0. The van der Waals surface area contributed by atoms with Gasteiger partial charge in [0.2, 0.25) is 0 Å². The van der Waals surface area contributed by atoms with Crippen molar-refractivity contribution in [3.8, 4) is 0 Å². The van der Waals surface area contributed by atoms with Crippen LogP contribution in [0, 0.1) is 6.92 Å². The molecule has 3 heterocycles. The molecule has 0 aliphatic carbocycles. The first kappa shape index (κ1) is 17.9. The molecule has 4 rings (SSSR count). The third-order valence-corrected chi connectivity index (χ3v) is 5.08. The van der Waals surface area contributed by atoms with Gasteiger partial charge in [0.05, 0.1) is 31.0 Å². The lowest BCUT2D eigenvalue weighted by Crippen LogP contribution is -2.49. The van der Waals surface area contributed by atoms with Crippen molar-refractivity contribution >= 4 is 11.6 Å². The predicted molar refractivity (Wildman–Crippen MR) is 102 cm³/mol. The van der Waals surface area contributed by atoms with Crippen LogP contribution in [-0.2, 0) is 11.3 Å². The van der Waals surface area contributed by atoms with E-state index < -0.39 is 0 Å². The fourth-order valence-electron chi connectivity index (χ4n) is 3.56. The molecule has 0 bridgehead atoms. The highest BCUT2D eigenvalue weighted by Crippen LogP contribution is 2.15. The lowest BCUT2D eigenvalue weighted by molar-refractivity contribution is -0.132. The fraction of sp³-hybridized carbons (Fsp3) is 0.450. The van der Waals surface area contributed by atoms with Gasteiger partial charge in [0.15, 0.2) is 5.76 Å². The first-order valence-corrected chi connectivity index (χ1v) is 9.47. The summed E-state index contributed by atoms with van der Waals surface area (Å²) in [6.07, 6.45) is 0.820. The summed E-state index contributed by atoms with van der Waals surface area (Å²) in [5.41, 5.74) is 3.01. The molecule has 1 aromatic heterocycles. The first-order valence-electron chi connectivity index (χ1n) is 9.47. The SMILES string of the molecule is Cc1cc(CN2CCN(CC(=O)N3CCC(c4ccccc4)=N3)CC2)on1. The molecule has 1 amide bonds. The average Bonchev–Trinajstić information content (AvgIpc) is 3.33. The molecule has 2 aromatic rings. The van der Waals surface area contributed by atoms with E-state index in [4.69, 9.17) is 4.52 Å². The smallest absolute Gasteiger partial charge is 0.256 e. The summed E-state index contributed by atoms with van der Waals surface area (Å²) in [5.74, 6) is 0.983. The number of aryl methyl sites for hydroxylation is 1. The molecule has 27 heavy (non-hydrogen) atoms. The number of hydrazone groups is 1. The van der Waals surface area contributed by atoms with Crippen molar-refractivity contribution in [1.82, 2.24) is 20.0 Å². The van der Waals surface area contributed by atoms with Gasteiger partial charge in [-0.05, 0) is 12.5 Å². The molecule has 1 saturated heterocycles. The third kappa shape index (κ3) is 4.43. The average molecular weight is 367 g/mol. The number of nitrogens with zero attached hydrogens (tertiary/aromatic N) is 5. The Balaban J connectivity index is 1.25. The van der Waals surface area contributed by atoms with E-state index in [-0.39, 0.29) is 5.91 Å². The maximum Gasteiger partial charge on any atom is 0.256 e. The highest BCUT2D eigenvalue weighted by atomic mass is 16.5. The van der Waals surface area contributed by atoms with Gasteiger partial charge in [-0.15, -0.1) is 0 Å². The van der Waals surface area contributed by atoms with E-state index >= 15 is 0 Å². The van der Waals surface area contributed by atoms with E-state index in [0.717, 1.165) is 61.9 Å². The van der Waals surface area contributed by atoms with Gasteiger partial charge in [-0.1, -0.05) is 35.5 Å². The van der Waals surface area contributed by atoms with Crippen LogP contribution in [0.15, 0.2) is 46.0 Å². The van der Waals surface area contributed by atoms with Crippen molar-refractivity contribution in [1.29, 1.82) is 0 Å². The standard InChI is InChI=1S/C20H25N5O2/c1-16-13-18(27-22-16)14-23-9-11-24(12-10-23)15-20(26)25-8-7-19(21-25)17-5-3-2-4-6-17/h2-6,13H,7-12,14-15H2,1H3. The normalized spacial score (nSPS) is 18.7. The summed E-state index contributed by atoms with van der Waals surface area (Å²) >= 11 is 0. The van der Waals surface area contributed by atoms with Crippen LogP contribution in [0.1, 0.15) is 23.4 Å². The van der Waals surface area contributed by atoms with Crippen LogP contribution in [-0.4, -0.2) is 70.9 Å². The van der Waals surface area contributed by atoms with Gasteiger partial charge in [-0.2, -0.15) is 5.10 Å². The van der Waals surface area contributed by atoms with Gasteiger partial charge in [0.25, 0.3) is 5.91 Å². The Hall–Kier alpha value is -2.51. The van der Waals surface area contributed by atoms with Crippen LogP contribution in [0.3, 0.4) is 0 Å². The molecule has 0 radical (unpaired) electrons. The minimum absolute atomic E-state index is 0.0836. The zero-order valence-electron chi connectivity index (χ0n) is 15.7. The molecule has 0 spiro atoms. The van der Waals surface area contributed by atoms with Gasteiger partial charge >= 0.3 is 0 Å². The van der Waals surface area contributed by atoms with Gasteiger partial charge in [-0.3, -0.25) is 14.6 Å². The summed E-state index contributed by atoms with van der Waals surface area (Å²) in [5, 5.41) is 10.1. The van der Waals surface area contributed by atoms with Gasteiger partial charge in [-0.25, -0.2) is 5.01 Å². The van der Waals surface area contributed by atoms with E-state index in [0.29, 0.717) is 13.1 Å². The molecule has 2 aliphatic heterocycles. The Labute approximate surface area is 159 Å². The second kappa shape index (κ2) is 8.02. The molecule has 7 heteroatoms. The van der Waals surface area contributed by atoms with E-state index in [1.165, 1.54) is 0 Å². The monoisotopic (exact) mass is 367 g/mol. The van der Waals surface area contributed by atoms with Crippen molar-refractivity contribution in [3.63, 3.8) is 0 Å². The Morgan fingerprint density at radius 2 is 1.81 bits per heavy atom. The van der Waals surface area contributed by atoms with Crippen LogP contribution in [0.5, 0.6) is 0 Å². The highest BCUT2D eigenvalue weighted by molar-refractivity contribution is 6.02. The highest BCUT2D eigenvalue weighted by Gasteiger charge is 2.25. The topological polar surface area (TPSA) is 65.2 Å². The quantitative estimate of drug-likeness (QED) is 0.805. The number of hydrogen-bond donors (Lipinski definition) is 0. The Morgan fingerprint density at radius 1 is 1.07 bits per heavy atom. The molecular weight excluding hydrogens is 342 g/mol. The van der Waals surface area contributed by atoms with Crippen molar-refractivity contribution < 1.29 is 9.32 Å². The van der Waals surface area contributed by atoms with E-state index in [2.05, 4.69) is 20.1 Å². The summed E-state index contributed by atoms with van der Waals surface area (Å²) in [6, 6.07) is 12.1. The van der Waals surface area contributed by atoms with Crippen molar-refractivity contribution in [2.24, 2.45) is 5.10 Å². The first-order chi connectivity index (χ1) is 13.2. The van der Waals surface area contributed by atoms with Crippen molar-refractivity contribution in [3.05, 3.63) is 53.4 Å². The minimum atomic E-state index is 0.0836. The third-order valence-electron chi connectivity index (χ3n) is 5.08.